The van der Waals surface area contributed by atoms with Crippen LogP contribution >= 0.6 is 15.9 Å². The van der Waals surface area contributed by atoms with E-state index in [2.05, 4.69) is 20.7 Å². The predicted octanol–water partition coefficient (Wildman–Crippen LogP) is 1.85. The molecule has 0 radical (unpaired) electrons. The Hall–Kier alpha value is -1.90. The number of halogens is 1. The van der Waals surface area contributed by atoms with Crippen molar-refractivity contribution in [3.63, 3.8) is 0 Å². The average Bonchev–Trinajstić information content (AvgIpc) is 2.49. The third kappa shape index (κ3) is 3.81. The number of carbonyl (C=O) groups is 1. The van der Waals surface area contributed by atoms with Gasteiger partial charge in [0.05, 0.1) is 4.90 Å². The molecule has 0 aliphatic heterocycles. The minimum atomic E-state index is -3.78. The molecule has 1 amide bonds. The molecule has 6 nitrogen and oxygen atoms in total. The summed E-state index contributed by atoms with van der Waals surface area (Å²) in [6.45, 7) is 0. The summed E-state index contributed by atoms with van der Waals surface area (Å²) in [5.41, 5.74) is 2.54. The van der Waals surface area contributed by atoms with Crippen molar-refractivity contribution in [2.45, 2.75) is 4.90 Å². The van der Waals surface area contributed by atoms with Crippen LogP contribution in [-0.4, -0.2) is 14.3 Å². The Balaban J connectivity index is 2.31. The van der Waals surface area contributed by atoms with Crippen LogP contribution in [-0.2, 0) is 10.0 Å². The first-order valence-electron chi connectivity index (χ1n) is 5.82. The van der Waals surface area contributed by atoms with Gasteiger partial charge in [0, 0.05) is 15.7 Å². The van der Waals surface area contributed by atoms with Gasteiger partial charge in [-0.25, -0.2) is 14.3 Å². The van der Waals surface area contributed by atoms with Crippen molar-refractivity contribution in [1.29, 1.82) is 0 Å². The Morgan fingerprint density at radius 1 is 1.10 bits per heavy atom. The SMILES string of the molecule is NNC(=O)c1cccc(S(=O)(=O)Nc2ccc(Br)cc2)c1. The lowest BCUT2D eigenvalue weighted by atomic mass is 10.2. The highest BCUT2D eigenvalue weighted by Gasteiger charge is 2.16. The Kier molecular flexibility index (Phi) is 4.61. The molecule has 0 saturated carbocycles. The van der Waals surface area contributed by atoms with Crippen LogP contribution in [0.2, 0.25) is 0 Å². The number of hydrogen-bond acceptors (Lipinski definition) is 4. The number of nitrogens with two attached hydrogens (primary N) is 1. The maximum Gasteiger partial charge on any atom is 0.265 e. The van der Waals surface area contributed by atoms with Crippen LogP contribution in [0.3, 0.4) is 0 Å². The highest BCUT2D eigenvalue weighted by Crippen LogP contribution is 2.19. The van der Waals surface area contributed by atoms with Gasteiger partial charge in [-0.05, 0) is 42.5 Å². The van der Waals surface area contributed by atoms with E-state index in [1.807, 2.05) is 5.43 Å². The molecule has 110 valence electrons. The van der Waals surface area contributed by atoms with Crippen molar-refractivity contribution in [1.82, 2.24) is 5.43 Å². The van der Waals surface area contributed by atoms with Crippen LogP contribution in [0.5, 0.6) is 0 Å². The van der Waals surface area contributed by atoms with Gasteiger partial charge in [0.15, 0.2) is 0 Å². The number of benzene rings is 2. The van der Waals surface area contributed by atoms with Crippen LogP contribution in [0, 0.1) is 0 Å². The second-order valence-corrected chi connectivity index (χ2v) is 6.71. The first-order chi connectivity index (χ1) is 9.92. The zero-order valence-corrected chi connectivity index (χ0v) is 13.1. The summed E-state index contributed by atoms with van der Waals surface area (Å²) in [5, 5.41) is 0. The van der Waals surface area contributed by atoms with Crippen molar-refractivity contribution in [3.05, 3.63) is 58.6 Å². The molecule has 0 saturated heterocycles. The number of hydrazine groups is 1. The second-order valence-electron chi connectivity index (χ2n) is 4.11. The zero-order valence-electron chi connectivity index (χ0n) is 10.7. The molecule has 0 aromatic heterocycles. The van der Waals surface area contributed by atoms with E-state index in [-0.39, 0.29) is 10.5 Å². The van der Waals surface area contributed by atoms with Crippen molar-refractivity contribution >= 4 is 37.5 Å². The number of nitrogen functional groups attached to an aromatic ring is 1. The minimum Gasteiger partial charge on any atom is -0.290 e. The van der Waals surface area contributed by atoms with E-state index in [4.69, 9.17) is 5.84 Å². The number of carbonyl (C=O) groups excluding carboxylic acids is 1. The maximum atomic E-state index is 12.3. The first-order valence-corrected chi connectivity index (χ1v) is 8.09. The molecule has 2 rings (SSSR count). The summed E-state index contributed by atoms with van der Waals surface area (Å²) >= 11 is 3.27. The Bertz CT molecular complexity index is 760. The number of amides is 1. The number of nitrogens with one attached hydrogen (secondary N) is 2. The zero-order chi connectivity index (χ0) is 15.5. The van der Waals surface area contributed by atoms with E-state index in [9.17, 15) is 13.2 Å². The van der Waals surface area contributed by atoms with E-state index >= 15 is 0 Å². The van der Waals surface area contributed by atoms with E-state index < -0.39 is 15.9 Å². The van der Waals surface area contributed by atoms with Crippen LogP contribution < -0.4 is 16.0 Å². The van der Waals surface area contributed by atoms with Crippen molar-refractivity contribution in [2.75, 3.05) is 4.72 Å². The summed E-state index contributed by atoms with van der Waals surface area (Å²) in [5.74, 6) is 4.47. The number of anilines is 1. The van der Waals surface area contributed by atoms with Crippen molar-refractivity contribution in [3.8, 4) is 0 Å². The summed E-state index contributed by atoms with van der Waals surface area (Å²) in [6.07, 6.45) is 0. The first kappa shape index (κ1) is 15.5. The quantitative estimate of drug-likeness (QED) is 0.434. The fourth-order valence-electron chi connectivity index (χ4n) is 1.62. The molecule has 0 bridgehead atoms. The molecule has 0 unspecified atom stereocenters. The van der Waals surface area contributed by atoms with E-state index in [1.54, 1.807) is 24.3 Å². The Labute approximate surface area is 130 Å². The molecule has 0 aliphatic carbocycles. The lowest BCUT2D eigenvalue weighted by molar-refractivity contribution is 0.0953. The van der Waals surface area contributed by atoms with Crippen LogP contribution in [0.4, 0.5) is 5.69 Å². The molecule has 0 aliphatic rings. The second kappa shape index (κ2) is 6.25. The fourth-order valence-corrected chi connectivity index (χ4v) is 2.99. The Morgan fingerprint density at radius 2 is 1.76 bits per heavy atom. The van der Waals surface area contributed by atoms with Gasteiger partial charge in [-0.2, -0.15) is 0 Å². The lowest BCUT2D eigenvalue weighted by Crippen LogP contribution is -2.30. The molecule has 0 spiro atoms. The molecule has 2 aromatic rings. The maximum absolute atomic E-state index is 12.3. The summed E-state index contributed by atoms with van der Waals surface area (Å²) in [6, 6.07) is 12.3. The molecule has 2 aromatic carbocycles. The highest BCUT2D eigenvalue weighted by molar-refractivity contribution is 9.10. The van der Waals surface area contributed by atoms with Gasteiger partial charge in [-0.3, -0.25) is 14.9 Å². The molecule has 0 fully saturated rings. The Morgan fingerprint density at radius 3 is 2.38 bits per heavy atom. The van der Waals surface area contributed by atoms with E-state index in [1.165, 1.54) is 24.3 Å². The van der Waals surface area contributed by atoms with Gasteiger partial charge in [0.2, 0.25) is 0 Å². The normalized spacial score (nSPS) is 11.0. The van der Waals surface area contributed by atoms with Crippen molar-refractivity contribution in [2.24, 2.45) is 5.84 Å². The summed E-state index contributed by atoms with van der Waals surface area (Å²) in [4.78, 5) is 11.4. The molecule has 4 N–H and O–H groups in total. The van der Waals surface area contributed by atoms with Gasteiger partial charge in [-0.1, -0.05) is 22.0 Å². The molecule has 0 heterocycles. The van der Waals surface area contributed by atoms with Gasteiger partial charge in [0.25, 0.3) is 15.9 Å². The third-order valence-electron chi connectivity index (χ3n) is 2.63. The fraction of sp³-hybridized carbons (Fsp3) is 0. The van der Waals surface area contributed by atoms with Gasteiger partial charge in [-0.15, -0.1) is 0 Å². The monoisotopic (exact) mass is 369 g/mol. The van der Waals surface area contributed by atoms with Crippen molar-refractivity contribution < 1.29 is 13.2 Å². The topological polar surface area (TPSA) is 101 Å². The smallest absolute Gasteiger partial charge is 0.265 e. The minimum absolute atomic E-state index is 0.0217. The molecular weight excluding hydrogens is 358 g/mol. The third-order valence-corrected chi connectivity index (χ3v) is 4.54. The summed E-state index contributed by atoms with van der Waals surface area (Å²) < 4.78 is 27.8. The number of sulfonamides is 1. The molecular formula is C13H12BrN3O3S. The molecule has 0 atom stereocenters. The van der Waals surface area contributed by atoms with Crippen LogP contribution in [0.25, 0.3) is 0 Å². The standard InChI is InChI=1S/C13H12BrN3O3S/c14-10-4-6-11(7-5-10)17-21(19,20)12-3-1-2-9(8-12)13(18)16-15/h1-8,17H,15H2,(H,16,18). The number of rotatable bonds is 4. The van der Waals surface area contributed by atoms with Gasteiger partial charge in [0.1, 0.15) is 0 Å². The van der Waals surface area contributed by atoms with Gasteiger partial charge >= 0.3 is 0 Å². The summed E-state index contributed by atoms with van der Waals surface area (Å²) in [7, 11) is -3.78. The van der Waals surface area contributed by atoms with Gasteiger partial charge < -0.3 is 0 Å². The van der Waals surface area contributed by atoms with E-state index in [0.29, 0.717) is 5.69 Å². The highest BCUT2D eigenvalue weighted by atomic mass is 79.9. The average molecular weight is 370 g/mol. The lowest BCUT2D eigenvalue weighted by Gasteiger charge is -2.09. The van der Waals surface area contributed by atoms with Crippen LogP contribution in [0.1, 0.15) is 10.4 Å². The predicted molar refractivity (Wildman–Crippen MR) is 83.0 cm³/mol. The van der Waals surface area contributed by atoms with E-state index in [0.717, 1.165) is 4.47 Å². The largest absolute Gasteiger partial charge is 0.290 e. The molecule has 21 heavy (non-hydrogen) atoms. The number of hydrogen-bond donors (Lipinski definition) is 3. The molecule has 8 heteroatoms. The van der Waals surface area contributed by atoms with Crippen LogP contribution in [0.15, 0.2) is 57.9 Å².